The van der Waals surface area contributed by atoms with Crippen LogP contribution < -0.4 is 5.73 Å². The van der Waals surface area contributed by atoms with Crippen LogP contribution >= 0.6 is 0 Å². The minimum Gasteiger partial charge on any atom is -0.319 e. The SMILES string of the molecule is CCC(C)n1ccc(CC(=O)C(C)(C)N)n1. The van der Waals surface area contributed by atoms with Gasteiger partial charge in [-0.3, -0.25) is 9.48 Å². The Labute approximate surface area is 96.8 Å². The van der Waals surface area contributed by atoms with Crippen LogP contribution in [0.15, 0.2) is 12.3 Å². The maximum absolute atomic E-state index is 11.7. The van der Waals surface area contributed by atoms with E-state index < -0.39 is 5.54 Å². The zero-order valence-corrected chi connectivity index (χ0v) is 10.5. The average Bonchev–Trinajstić information content (AvgIpc) is 2.63. The lowest BCUT2D eigenvalue weighted by Gasteiger charge is -2.15. The van der Waals surface area contributed by atoms with E-state index in [1.165, 1.54) is 0 Å². The standard InChI is InChI=1S/C12H21N3O/c1-5-9(2)15-7-6-10(14-15)8-11(16)12(3,4)13/h6-7,9H,5,8,13H2,1-4H3. The first kappa shape index (κ1) is 12.9. The molecule has 90 valence electrons. The van der Waals surface area contributed by atoms with E-state index >= 15 is 0 Å². The summed E-state index contributed by atoms with van der Waals surface area (Å²) in [6.45, 7) is 7.66. The van der Waals surface area contributed by atoms with Crippen LogP contribution in [0.4, 0.5) is 0 Å². The molecular formula is C12H21N3O. The van der Waals surface area contributed by atoms with Gasteiger partial charge in [0.1, 0.15) is 0 Å². The van der Waals surface area contributed by atoms with Gasteiger partial charge in [-0.2, -0.15) is 5.10 Å². The lowest BCUT2D eigenvalue weighted by atomic mass is 9.97. The Morgan fingerprint density at radius 3 is 2.75 bits per heavy atom. The lowest BCUT2D eigenvalue weighted by Crippen LogP contribution is -2.42. The maximum atomic E-state index is 11.7. The molecule has 0 fully saturated rings. The number of ketones is 1. The molecule has 0 amide bonds. The van der Waals surface area contributed by atoms with Crippen molar-refractivity contribution >= 4 is 5.78 Å². The van der Waals surface area contributed by atoms with Gasteiger partial charge in [0.25, 0.3) is 0 Å². The Morgan fingerprint density at radius 1 is 1.62 bits per heavy atom. The third kappa shape index (κ3) is 3.17. The van der Waals surface area contributed by atoms with Gasteiger partial charge in [-0.1, -0.05) is 6.92 Å². The number of nitrogens with zero attached hydrogens (tertiary/aromatic N) is 2. The number of hydrogen-bond acceptors (Lipinski definition) is 3. The first-order valence-electron chi connectivity index (χ1n) is 5.70. The van der Waals surface area contributed by atoms with E-state index in [0.717, 1.165) is 12.1 Å². The van der Waals surface area contributed by atoms with E-state index in [1.54, 1.807) is 13.8 Å². The van der Waals surface area contributed by atoms with E-state index in [2.05, 4.69) is 18.9 Å². The van der Waals surface area contributed by atoms with Crippen LogP contribution in [0.25, 0.3) is 0 Å². The predicted molar refractivity (Wildman–Crippen MR) is 64.2 cm³/mol. The van der Waals surface area contributed by atoms with Crippen molar-refractivity contribution in [2.24, 2.45) is 5.73 Å². The number of hydrogen-bond donors (Lipinski definition) is 1. The van der Waals surface area contributed by atoms with Crippen molar-refractivity contribution < 1.29 is 4.79 Å². The topological polar surface area (TPSA) is 60.9 Å². The van der Waals surface area contributed by atoms with Crippen LogP contribution in [0, 0.1) is 0 Å². The normalized spacial score (nSPS) is 13.8. The van der Waals surface area contributed by atoms with Crippen LogP contribution in [0.3, 0.4) is 0 Å². The van der Waals surface area contributed by atoms with Crippen molar-refractivity contribution in [2.45, 2.75) is 52.1 Å². The van der Waals surface area contributed by atoms with Gasteiger partial charge in [0, 0.05) is 12.2 Å². The van der Waals surface area contributed by atoms with Crippen molar-refractivity contribution in [2.75, 3.05) is 0 Å². The Kier molecular flexibility index (Phi) is 3.86. The van der Waals surface area contributed by atoms with Crippen molar-refractivity contribution in [1.82, 2.24) is 9.78 Å². The highest BCUT2D eigenvalue weighted by atomic mass is 16.1. The van der Waals surface area contributed by atoms with E-state index in [4.69, 9.17) is 5.73 Å². The second-order valence-corrected chi connectivity index (χ2v) is 4.87. The summed E-state index contributed by atoms with van der Waals surface area (Å²) in [5, 5.41) is 4.37. The molecular weight excluding hydrogens is 202 g/mol. The summed E-state index contributed by atoms with van der Waals surface area (Å²) < 4.78 is 1.89. The van der Waals surface area contributed by atoms with E-state index in [-0.39, 0.29) is 5.78 Å². The molecule has 1 unspecified atom stereocenters. The molecule has 0 bridgehead atoms. The zero-order valence-electron chi connectivity index (χ0n) is 10.5. The minimum atomic E-state index is -0.778. The monoisotopic (exact) mass is 223 g/mol. The molecule has 1 heterocycles. The number of carbonyl (C=O) groups is 1. The molecule has 1 rings (SSSR count). The molecule has 1 aromatic rings. The van der Waals surface area contributed by atoms with Gasteiger partial charge in [0.05, 0.1) is 17.7 Å². The highest BCUT2D eigenvalue weighted by Gasteiger charge is 2.22. The summed E-state index contributed by atoms with van der Waals surface area (Å²) in [4.78, 5) is 11.7. The van der Waals surface area contributed by atoms with E-state index in [9.17, 15) is 4.79 Å². The molecule has 16 heavy (non-hydrogen) atoms. The van der Waals surface area contributed by atoms with E-state index in [1.807, 2.05) is 16.9 Å². The third-order valence-electron chi connectivity index (χ3n) is 2.77. The molecule has 2 N–H and O–H groups in total. The summed E-state index contributed by atoms with van der Waals surface area (Å²) in [6, 6.07) is 2.25. The highest BCUT2D eigenvalue weighted by Crippen LogP contribution is 2.11. The van der Waals surface area contributed by atoms with Gasteiger partial charge in [0.2, 0.25) is 0 Å². The van der Waals surface area contributed by atoms with Gasteiger partial charge in [-0.05, 0) is 33.3 Å². The molecule has 1 aromatic heterocycles. The fourth-order valence-corrected chi connectivity index (χ4v) is 1.30. The second kappa shape index (κ2) is 4.78. The minimum absolute atomic E-state index is 0.0156. The van der Waals surface area contributed by atoms with Gasteiger partial charge in [0.15, 0.2) is 5.78 Å². The number of carbonyl (C=O) groups excluding carboxylic acids is 1. The predicted octanol–water partition coefficient (Wildman–Crippen LogP) is 1.70. The number of Topliss-reactive ketones (excluding diaryl/α,β-unsaturated/α-hetero) is 1. The Balaban J connectivity index is 2.69. The van der Waals surface area contributed by atoms with Crippen molar-refractivity contribution in [3.63, 3.8) is 0 Å². The molecule has 0 radical (unpaired) electrons. The number of rotatable bonds is 5. The fraction of sp³-hybridized carbons (Fsp3) is 0.667. The van der Waals surface area contributed by atoms with Crippen LogP contribution in [-0.2, 0) is 11.2 Å². The van der Waals surface area contributed by atoms with Crippen molar-refractivity contribution in [3.8, 4) is 0 Å². The highest BCUT2D eigenvalue weighted by molar-refractivity contribution is 5.88. The Hall–Kier alpha value is -1.16. The molecule has 4 nitrogen and oxygen atoms in total. The average molecular weight is 223 g/mol. The number of nitrogens with two attached hydrogens (primary N) is 1. The third-order valence-corrected chi connectivity index (χ3v) is 2.77. The molecule has 0 aliphatic carbocycles. The second-order valence-electron chi connectivity index (χ2n) is 4.87. The maximum Gasteiger partial charge on any atom is 0.158 e. The van der Waals surface area contributed by atoms with Gasteiger partial charge in [-0.25, -0.2) is 0 Å². The van der Waals surface area contributed by atoms with Crippen LogP contribution in [-0.4, -0.2) is 21.1 Å². The summed E-state index contributed by atoms with van der Waals surface area (Å²) in [7, 11) is 0. The molecule has 0 spiro atoms. The molecule has 0 aromatic carbocycles. The van der Waals surface area contributed by atoms with Gasteiger partial charge < -0.3 is 5.73 Å². The zero-order chi connectivity index (χ0) is 12.3. The molecule has 4 heteroatoms. The van der Waals surface area contributed by atoms with Gasteiger partial charge >= 0.3 is 0 Å². The summed E-state index contributed by atoms with van der Waals surface area (Å²) in [6.07, 6.45) is 3.25. The molecule has 0 aliphatic heterocycles. The van der Waals surface area contributed by atoms with Crippen molar-refractivity contribution in [1.29, 1.82) is 0 Å². The first-order valence-corrected chi connectivity index (χ1v) is 5.70. The quantitative estimate of drug-likeness (QED) is 0.826. The fourth-order valence-electron chi connectivity index (χ4n) is 1.30. The molecule has 1 atom stereocenters. The smallest absolute Gasteiger partial charge is 0.158 e. The van der Waals surface area contributed by atoms with Crippen LogP contribution in [0.5, 0.6) is 0 Å². The first-order chi connectivity index (χ1) is 7.34. The summed E-state index contributed by atoms with van der Waals surface area (Å²) in [5.74, 6) is 0.0156. The summed E-state index contributed by atoms with van der Waals surface area (Å²) in [5.41, 5.74) is 5.75. The largest absolute Gasteiger partial charge is 0.319 e. The van der Waals surface area contributed by atoms with Crippen LogP contribution in [0.2, 0.25) is 0 Å². The van der Waals surface area contributed by atoms with Crippen molar-refractivity contribution in [3.05, 3.63) is 18.0 Å². The lowest BCUT2D eigenvalue weighted by molar-refractivity contribution is -0.122. The Morgan fingerprint density at radius 2 is 2.25 bits per heavy atom. The molecule has 0 saturated carbocycles. The molecule has 0 aliphatic rings. The summed E-state index contributed by atoms with van der Waals surface area (Å²) >= 11 is 0. The number of aromatic nitrogens is 2. The molecule has 0 saturated heterocycles. The Bertz CT molecular complexity index is 363. The van der Waals surface area contributed by atoms with Gasteiger partial charge in [-0.15, -0.1) is 0 Å². The van der Waals surface area contributed by atoms with E-state index in [0.29, 0.717) is 12.5 Å². The van der Waals surface area contributed by atoms with Crippen LogP contribution in [0.1, 0.15) is 45.9 Å².